The first-order chi connectivity index (χ1) is 31.6. The molecule has 0 bridgehead atoms. The minimum atomic E-state index is -2.53. The number of hydrogen-bond donors (Lipinski definition) is 14. The number of phenolic OH excluding ortho intramolecular Hbond substituents is 13. The predicted molar refractivity (Wildman–Crippen MR) is 209 cm³/mol. The first kappa shape index (κ1) is 42.9. The van der Waals surface area contributed by atoms with Crippen molar-refractivity contribution in [2.75, 3.05) is 6.61 Å². The number of aliphatic hydroxyl groups excluding tert-OH is 1. The zero-order valence-electron chi connectivity index (χ0n) is 32.6. The molecule has 67 heavy (non-hydrogen) atoms. The normalized spacial score (nSPS) is 20.4. The number of hydrogen-bond acceptors (Lipinski definition) is 26. The number of carbonyl (C=O) groups is 4. The number of aliphatic hydroxyl groups is 1. The van der Waals surface area contributed by atoms with Crippen molar-refractivity contribution in [2.45, 2.75) is 30.7 Å². The third-order valence-electron chi connectivity index (χ3n) is 10.9. The Morgan fingerprint density at radius 2 is 0.925 bits per heavy atom. The van der Waals surface area contributed by atoms with E-state index >= 15 is 0 Å². The first-order valence-corrected chi connectivity index (χ1v) is 18.7. The third kappa shape index (κ3) is 6.30. The maximum atomic E-state index is 14.4. The standard InChI is InChI=1S/C41H26O26/c42-12-1-7-18(27(52)22(12)47)19-8(2-13(43)23(48)28(19)53)38(57)67-35-34(66-37(7)56)31-17(62-41(35)60)6-61-36(55)9-3-15(45)26(51)33-20(9)21-10(39(58)65-33)4-16(46)25(50)32(21)63-30-11(40(59)64-31)5-14(44)24(49)29(30)54/h1-5,17,31,34-35,41-54,60H,6H2. The molecule has 4 heterocycles. The van der Waals surface area contributed by atoms with Crippen LogP contribution in [0, 0.1) is 0 Å². The summed E-state index contributed by atoms with van der Waals surface area (Å²) in [5, 5.41) is 149. The molecule has 3 aliphatic heterocycles. The van der Waals surface area contributed by atoms with Gasteiger partial charge in [-0.05, 0) is 24.3 Å². The number of cyclic esters (lactones) is 1. The summed E-state index contributed by atoms with van der Waals surface area (Å²) in [7, 11) is 0. The molecule has 0 amide bonds. The van der Waals surface area contributed by atoms with Crippen LogP contribution in [0.2, 0.25) is 0 Å². The number of fused-ring (bicyclic) bond motifs is 7. The minimum absolute atomic E-state index is 0.395. The van der Waals surface area contributed by atoms with Gasteiger partial charge in [0.25, 0.3) is 0 Å². The van der Waals surface area contributed by atoms with Gasteiger partial charge in [-0.3, -0.25) is 0 Å². The molecule has 5 unspecified atom stereocenters. The summed E-state index contributed by atoms with van der Waals surface area (Å²) in [5.74, 6) is -26.3. The van der Waals surface area contributed by atoms with Crippen molar-refractivity contribution in [1.29, 1.82) is 0 Å². The molecule has 3 aliphatic rings. The molecule has 6 aromatic rings. The molecule has 0 radical (unpaired) electrons. The smallest absolute Gasteiger partial charge is 0.344 e. The Bertz CT molecular complexity index is 3320. The molecule has 14 N–H and O–H groups in total. The number of esters is 4. The highest BCUT2D eigenvalue weighted by molar-refractivity contribution is 6.19. The molecule has 1 fully saturated rings. The van der Waals surface area contributed by atoms with Crippen LogP contribution in [0.15, 0.2) is 39.5 Å². The van der Waals surface area contributed by atoms with Crippen molar-refractivity contribution < 1.29 is 124 Å². The molecule has 5 aromatic carbocycles. The molecule has 346 valence electrons. The maximum Gasteiger partial charge on any atom is 0.344 e. The summed E-state index contributed by atoms with van der Waals surface area (Å²) in [4.78, 5) is 70.1. The van der Waals surface area contributed by atoms with E-state index < -0.39 is 208 Å². The fourth-order valence-electron chi connectivity index (χ4n) is 7.76. The van der Waals surface area contributed by atoms with Crippen LogP contribution in [0.1, 0.15) is 41.4 Å². The van der Waals surface area contributed by atoms with E-state index in [1.807, 2.05) is 0 Å². The van der Waals surface area contributed by atoms with Crippen LogP contribution in [0.5, 0.6) is 86.2 Å². The first-order valence-electron chi connectivity index (χ1n) is 18.7. The molecule has 26 nitrogen and oxygen atoms in total. The van der Waals surface area contributed by atoms with Crippen molar-refractivity contribution in [3.8, 4) is 97.4 Å². The van der Waals surface area contributed by atoms with Crippen LogP contribution in [-0.4, -0.2) is 133 Å². The number of rotatable bonds is 0. The summed E-state index contributed by atoms with van der Waals surface area (Å²) in [6.45, 7) is -1.23. The Morgan fingerprint density at radius 1 is 0.448 bits per heavy atom. The number of carbonyl (C=O) groups excluding carboxylic acids is 4. The van der Waals surface area contributed by atoms with E-state index in [0.717, 1.165) is 0 Å². The van der Waals surface area contributed by atoms with Gasteiger partial charge < -0.3 is 104 Å². The second-order valence-corrected chi connectivity index (χ2v) is 14.8. The molecule has 0 saturated carbocycles. The molecule has 9 rings (SSSR count). The zero-order valence-corrected chi connectivity index (χ0v) is 32.6. The van der Waals surface area contributed by atoms with Crippen LogP contribution in [0.3, 0.4) is 0 Å². The van der Waals surface area contributed by atoms with Gasteiger partial charge >= 0.3 is 29.5 Å². The summed E-state index contributed by atoms with van der Waals surface area (Å²) in [6, 6.07) is 2.45. The lowest BCUT2D eigenvalue weighted by Crippen LogP contribution is -2.62. The average molecular weight is 935 g/mol. The molecule has 5 atom stereocenters. The van der Waals surface area contributed by atoms with Crippen molar-refractivity contribution in [3.63, 3.8) is 0 Å². The van der Waals surface area contributed by atoms with Crippen molar-refractivity contribution in [2.24, 2.45) is 0 Å². The van der Waals surface area contributed by atoms with Gasteiger partial charge in [-0.15, -0.1) is 0 Å². The quantitative estimate of drug-likeness (QED) is 0.0339. The van der Waals surface area contributed by atoms with Crippen LogP contribution < -0.4 is 10.4 Å². The van der Waals surface area contributed by atoms with Crippen LogP contribution in [0.4, 0.5) is 0 Å². The van der Waals surface area contributed by atoms with E-state index in [9.17, 15) is 95.5 Å². The molecular formula is C41H26O26. The number of benzene rings is 5. The van der Waals surface area contributed by atoms with Crippen molar-refractivity contribution in [3.05, 3.63) is 63.0 Å². The Labute approximate surface area is 366 Å². The van der Waals surface area contributed by atoms with E-state index in [2.05, 4.69) is 0 Å². The van der Waals surface area contributed by atoms with Crippen molar-refractivity contribution in [1.82, 2.24) is 0 Å². The lowest BCUT2D eigenvalue weighted by molar-refractivity contribution is -0.284. The van der Waals surface area contributed by atoms with E-state index in [1.165, 1.54) is 0 Å². The SMILES string of the molecule is O=C1OC2C(COC(=O)c3cc(O)c(O)c4oc(=O)c5cc(O)c(O)c(c5c34)Oc3c1cc(O)c(O)c3O)OC(O)C1OC(=O)c3cc(O)c(O)c(O)c3-c3c(cc(O)c(O)c3O)C(=O)OC12. The predicted octanol–water partition coefficient (Wildman–Crippen LogP) is 1.76. The van der Waals surface area contributed by atoms with Crippen LogP contribution >= 0.6 is 0 Å². The highest BCUT2D eigenvalue weighted by Crippen LogP contribution is 2.55. The van der Waals surface area contributed by atoms with Gasteiger partial charge in [0.05, 0.1) is 22.1 Å². The van der Waals surface area contributed by atoms with Crippen molar-refractivity contribution >= 4 is 45.6 Å². The van der Waals surface area contributed by atoms with Crippen LogP contribution in [0.25, 0.3) is 32.9 Å². The summed E-state index contributed by atoms with van der Waals surface area (Å²) >= 11 is 0. The molecular weight excluding hydrogens is 908 g/mol. The number of aromatic hydroxyl groups is 13. The van der Waals surface area contributed by atoms with E-state index in [1.54, 1.807) is 0 Å². The Morgan fingerprint density at radius 3 is 1.52 bits per heavy atom. The Kier molecular flexibility index (Phi) is 9.48. The number of phenols is 13. The van der Waals surface area contributed by atoms with Gasteiger partial charge in [0.15, 0.2) is 81.9 Å². The molecule has 0 aliphatic carbocycles. The molecule has 26 heteroatoms. The lowest BCUT2D eigenvalue weighted by Gasteiger charge is -2.43. The fourth-order valence-corrected chi connectivity index (χ4v) is 7.76. The summed E-state index contributed by atoms with van der Waals surface area (Å²) < 4.78 is 38.6. The summed E-state index contributed by atoms with van der Waals surface area (Å²) in [6.07, 6.45) is -11.9. The van der Waals surface area contributed by atoms with E-state index in [4.69, 9.17) is 32.8 Å². The van der Waals surface area contributed by atoms with Gasteiger partial charge in [-0.25, -0.2) is 24.0 Å². The maximum absolute atomic E-state index is 14.4. The molecule has 0 spiro atoms. The number of ether oxygens (including phenoxy) is 6. The van der Waals surface area contributed by atoms with Gasteiger partial charge in [0, 0.05) is 28.0 Å². The largest absolute Gasteiger partial charge is 0.504 e. The highest BCUT2D eigenvalue weighted by atomic mass is 16.7. The van der Waals surface area contributed by atoms with Gasteiger partial charge in [-0.1, -0.05) is 0 Å². The minimum Gasteiger partial charge on any atom is -0.504 e. The lowest BCUT2D eigenvalue weighted by atomic mass is 9.91. The Hall–Kier alpha value is -9.43. The van der Waals surface area contributed by atoms with Crippen LogP contribution in [-0.2, 0) is 23.7 Å². The topological polar surface area (TPSA) is 437 Å². The van der Waals surface area contributed by atoms with Gasteiger partial charge in [0.2, 0.25) is 34.5 Å². The zero-order chi connectivity index (χ0) is 48.4. The van der Waals surface area contributed by atoms with E-state index in [0.29, 0.717) is 30.3 Å². The van der Waals surface area contributed by atoms with Gasteiger partial charge in [-0.2, -0.15) is 0 Å². The monoisotopic (exact) mass is 934 g/mol. The second-order valence-electron chi connectivity index (χ2n) is 14.8. The summed E-state index contributed by atoms with van der Waals surface area (Å²) in [5.41, 5.74) is -8.56. The third-order valence-corrected chi connectivity index (χ3v) is 10.9. The van der Waals surface area contributed by atoms with E-state index in [-0.39, 0.29) is 0 Å². The highest BCUT2D eigenvalue weighted by Gasteiger charge is 2.54. The molecule has 1 aromatic heterocycles. The fraction of sp³-hybridized carbons (Fsp3) is 0.146. The molecule has 1 saturated heterocycles. The second kappa shape index (κ2) is 14.8. The van der Waals surface area contributed by atoms with Gasteiger partial charge in [0.1, 0.15) is 18.3 Å². The Balaban J connectivity index is 1.28. The average Bonchev–Trinajstić information content (AvgIpc) is 3.28.